The minimum absolute atomic E-state index is 0.0394. The quantitative estimate of drug-likeness (QED) is 0.784. The lowest BCUT2D eigenvalue weighted by molar-refractivity contribution is 0.108. The number of benzene rings is 1. The number of rotatable bonds is 5. The van der Waals surface area contributed by atoms with Crippen molar-refractivity contribution in [1.29, 1.82) is 5.26 Å². The molecule has 2 N–H and O–H groups in total. The second-order valence-corrected chi connectivity index (χ2v) is 3.13. The Hall–Kier alpha value is -2.06. The molecule has 0 saturated carbocycles. The van der Waals surface area contributed by atoms with E-state index in [2.05, 4.69) is 0 Å². The number of hydrogen-bond acceptors (Lipinski definition) is 3. The normalized spacial score (nSPS) is 11.4. The van der Waals surface area contributed by atoms with E-state index in [0.29, 0.717) is 6.61 Å². The largest absolute Gasteiger partial charge is 0.465 e. The first kappa shape index (κ1) is 12.0. The lowest BCUT2D eigenvalue weighted by Crippen LogP contribution is -2.35. The van der Waals surface area contributed by atoms with Crippen LogP contribution in [-0.4, -0.2) is 23.8 Å². The van der Waals surface area contributed by atoms with Crippen LogP contribution in [0.3, 0.4) is 0 Å². The predicted molar refractivity (Wildman–Crippen MR) is 56.7 cm³/mol. The lowest BCUT2D eigenvalue weighted by Gasteiger charge is -2.09. The Kier molecular flexibility index (Phi) is 4.83. The maximum Gasteiger partial charge on any atom is 0.405 e. The van der Waals surface area contributed by atoms with Crippen molar-refractivity contribution in [1.82, 2.24) is 5.32 Å². The van der Waals surface area contributed by atoms with E-state index in [9.17, 15) is 4.79 Å². The standard InChI is InChI=1S/C11H12N2O3/c12-6-10(13-11(14)15)8-16-7-9-4-2-1-3-5-9/h1-5,10,13H,7-8H2,(H,14,15). The van der Waals surface area contributed by atoms with Crippen molar-refractivity contribution in [3.63, 3.8) is 0 Å². The van der Waals surface area contributed by atoms with Crippen molar-refractivity contribution in [2.24, 2.45) is 0 Å². The summed E-state index contributed by atoms with van der Waals surface area (Å²) in [7, 11) is 0. The van der Waals surface area contributed by atoms with Gasteiger partial charge in [0.15, 0.2) is 0 Å². The van der Waals surface area contributed by atoms with Crippen molar-refractivity contribution < 1.29 is 14.6 Å². The highest BCUT2D eigenvalue weighted by Crippen LogP contribution is 2.00. The highest BCUT2D eigenvalue weighted by Gasteiger charge is 2.09. The van der Waals surface area contributed by atoms with Crippen LogP contribution in [0.1, 0.15) is 5.56 Å². The first-order valence-corrected chi connectivity index (χ1v) is 4.73. The Labute approximate surface area is 93.3 Å². The monoisotopic (exact) mass is 220 g/mol. The highest BCUT2D eigenvalue weighted by molar-refractivity contribution is 5.65. The number of amides is 1. The molecule has 0 aliphatic carbocycles. The Balaban J connectivity index is 2.29. The zero-order valence-corrected chi connectivity index (χ0v) is 8.59. The first-order chi connectivity index (χ1) is 7.72. The van der Waals surface area contributed by atoms with E-state index in [1.165, 1.54) is 0 Å². The van der Waals surface area contributed by atoms with Gasteiger partial charge in [-0.25, -0.2) is 4.79 Å². The molecule has 0 heterocycles. The topological polar surface area (TPSA) is 82.3 Å². The summed E-state index contributed by atoms with van der Waals surface area (Å²) in [6.07, 6.45) is -1.23. The molecule has 0 saturated heterocycles. The Bertz CT molecular complexity index is 373. The van der Waals surface area contributed by atoms with Crippen LogP contribution in [0.2, 0.25) is 0 Å². The molecule has 1 unspecified atom stereocenters. The van der Waals surface area contributed by atoms with Gasteiger partial charge in [0.05, 0.1) is 19.3 Å². The molecule has 1 amide bonds. The van der Waals surface area contributed by atoms with E-state index in [0.717, 1.165) is 5.56 Å². The summed E-state index contributed by atoms with van der Waals surface area (Å²) in [5, 5.41) is 19.1. The molecular formula is C11H12N2O3. The molecule has 0 aromatic heterocycles. The molecule has 1 rings (SSSR count). The fraction of sp³-hybridized carbons (Fsp3) is 0.273. The molecule has 5 nitrogen and oxygen atoms in total. The van der Waals surface area contributed by atoms with Gasteiger partial charge in [0, 0.05) is 0 Å². The first-order valence-electron chi connectivity index (χ1n) is 4.73. The molecule has 1 atom stereocenters. The van der Waals surface area contributed by atoms with Gasteiger partial charge in [0.2, 0.25) is 0 Å². The summed E-state index contributed by atoms with van der Waals surface area (Å²) in [6.45, 7) is 0.401. The predicted octanol–water partition coefficient (Wildman–Crippen LogP) is 1.36. The summed E-state index contributed by atoms with van der Waals surface area (Å²) >= 11 is 0. The van der Waals surface area contributed by atoms with E-state index in [1.807, 2.05) is 35.6 Å². The van der Waals surface area contributed by atoms with Gasteiger partial charge < -0.3 is 15.2 Å². The highest BCUT2D eigenvalue weighted by atomic mass is 16.5. The van der Waals surface area contributed by atoms with Gasteiger partial charge in [-0.1, -0.05) is 30.3 Å². The second kappa shape index (κ2) is 6.43. The van der Waals surface area contributed by atoms with Crippen molar-refractivity contribution in [3.8, 4) is 6.07 Å². The van der Waals surface area contributed by atoms with Gasteiger partial charge in [-0.05, 0) is 5.56 Å². The Morgan fingerprint density at radius 2 is 2.19 bits per heavy atom. The molecule has 5 heteroatoms. The van der Waals surface area contributed by atoms with E-state index in [4.69, 9.17) is 15.1 Å². The number of nitrogens with one attached hydrogen (secondary N) is 1. The summed E-state index contributed by atoms with van der Waals surface area (Å²) < 4.78 is 5.23. The van der Waals surface area contributed by atoms with Crippen LogP contribution in [0, 0.1) is 11.3 Å². The van der Waals surface area contributed by atoms with Crippen LogP contribution in [0.5, 0.6) is 0 Å². The molecule has 1 aromatic carbocycles. The van der Waals surface area contributed by atoms with E-state index >= 15 is 0 Å². The van der Waals surface area contributed by atoms with Gasteiger partial charge in [0.1, 0.15) is 6.04 Å². The maximum absolute atomic E-state index is 10.3. The molecule has 0 aliphatic heterocycles. The van der Waals surface area contributed by atoms with Crippen LogP contribution in [-0.2, 0) is 11.3 Å². The third-order valence-electron chi connectivity index (χ3n) is 1.85. The van der Waals surface area contributed by atoms with Gasteiger partial charge >= 0.3 is 6.09 Å². The second-order valence-electron chi connectivity index (χ2n) is 3.13. The van der Waals surface area contributed by atoms with Crippen LogP contribution in [0.25, 0.3) is 0 Å². The summed E-state index contributed by atoms with van der Waals surface area (Å²) in [5.41, 5.74) is 0.981. The molecule has 1 aromatic rings. The minimum Gasteiger partial charge on any atom is -0.465 e. The zero-order valence-electron chi connectivity index (χ0n) is 8.59. The van der Waals surface area contributed by atoms with Crippen molar-refractivity contribution in [3.05, 3.63) is 35.9 Å². The molecule has 0 aliphatic rings. The molecular weight excluding hydrogens is 208 g/mol. The van der Waals surface area contributed by atoms with Crippen LogP contribution < -0.4 is 5.32 Å². The van der Waals surface area contributed by atoms with Crippen molar-refractivity contribution in [2.75, 3.05) is 6.61 Å². The van der Waals surface area contributed by atoms with E-state index in [1.54, 1.807) is 6.07 Å². The average Bonchev–Trinajstić information content (AvgIpc) is 2.28. The average molecular weight is 220 g/mol. The number of nitriles is 1. The Morgan fingerprint density at radius 3 is 2.75 bits per heavy atom. The zero-order chi connectivity index (χ0) is 11.8. The molecule has 0 fully saturated rings. The summed E-state index contributed by atoms with van der Waals surface area (Å²) in [5.74, 6) is 0. The summed E-state index contributed by atoms with van der Waals surface area (Å²) in [6, 6.07) is 10.4. The fourth-order valence-corrected chi connectivity index (χ4v) is 1.13. The van der Waals surface area contributed by atoms with E-state index < -0.39 is 12.1 Å². The van der Waals surface area contributed by atoms with Crippen LogP contribution in [0.4, 0.5) is 4.79 Å². The van der Waals surface area contributed by atoms with Crippen molar-refractivity contribution in [2.45, 2.75) is 12.6 Å². The third kappa shape index (κ3) is 4.44. The van der Waals surface area contributed by atoms with E-state index in [-0.39, 0.29) is 6.61 Å². The van der Waals surface area contributed by atoms with Gasteiger partial charge in [-0.15, -0.1) is 0 Å². The number of hydrogen-bond donors (Lipinski definition) is 2. The molecule has 0 radical (unpaired) electrons. The van der Waals surface area contributed by atoms with Crippen LogP contribution >= 0.6 is 0 Å². The fourth-order valence-electron chi connectivity index (χ4n) is 1.13. The molecule has 16 heavy (non-hydrogen) atoms. The van der Waals surface area contributed by atoms with Gasteiger partial charge in [0.25, 0.3) is 0 Å². The van der Waals surface area contributed by atoms with Crippen LogP contribution in [0.15, 0.2) is 30.3 Å². The maximum atomic E-state index is 10.3. The number of carboxylic acid groups (broad SMARTS) is 1. The smallest absolute Gasteiger partial charge is 0.405 e. The molecule has 0 spiro atoms. The van der Waals surface area contributed by atoms with Gasteiger partial charge in [-0.3, -0.25) is 0 Å². The minimum atomic E-state index is -1.23. The molecule has 0 bridgehead atoms. The lowest BCUT2D eigenvalue weighted by atomic mass is 10.2. The molecule has 84 valence electrons. The Morgan fingerprint density at radius 1 is 1.50 bits per heavy atom. The van der Waals surface area contributed by atoms with Gasteiger partial charge in [-0.2, -0.15) is 5.26 Å². The SMILES string of the molecule is N#CC(COCc1ccccc1)NC(=O)O. The number of ether oxygens (including phenoxy) is 1. The van der Waals surface area contributed by atoms with Crippen molar-refractivity contribution >= 4 is 6.09 Å². The number of nitrogens with zero attached hydrogens (tertiary/aromatic N) is 1. The third-order valence-corrected chi connectivity index (χ3v) is 1.85. The summed E-state index contributed by atoms with van der Waals surface area (Å²) in [4.78, 5) is 10.3. The number of carbonyl (C=O) groups is 1.